The first-order valence-corrected chi connectivity index (χ1v) is 6.63. The SMILES string of the molecule is O=c1c2ccc(O)cc2[se]n1-c1ccncc1. The van der Waals surface area contributed by atoms with Crippen molar-refractivity contribution < 1.29 is 5.11 Å². The molecule has 3 aromatic rings. The van der Waals surface area contributed by atoms with Crippen molar-refractivity contribution in [3.05, 3.63) is 53.1 Å². The van der Waals surface area contributed by atoms with Crippen LogP contribution in [0.5, 0.6) is 5.75 Å². The molecule has 84 valence electrons. The van der Waals surface area contributed by atoms with Crippen LogP contribution in [0.25, 0.3) is 15.3 Å². The van der Waals surface area contributed by atoms with E-state index in [4.69, 9.17) is 0 Å². The molecular formula is C12H8N2O2Se. The van der Waals surface area contributed by atoms with Crippen LogP contribution in [0.3, 0.4) is 0 Å². The Morgan fingerprint density at radius 1 is 1.18 bits per heavy atom. The first-order valence-electron chi connectivity index (χ1n) is 5.01. The Morgan fingerprint density at radius 3 is 2.71 bits per heavy atom. The van der Waals surface area contributed by atoms with E-state index in [0.29, 0.717) is 5.39 Å². The van der Waals surface area contributed by atoms with Crippen LogP contribution in [0.2, 0.25) is 0 Å². The summed E-state index contributed by atoms with van der Waals surface area (Å²) in [5.74, 6) is 0.204. The Balaban J connectivity index is 2.32. The van der Waals surface area contributed by atoms with Crippen molar-refractivity contribution in [1.82, 2.24) is 8.55 Å². The fraction of sp³-hybridized carbons (Fsp3) is 0. The Morgan fingerprint density at radius 2 is 1.94 bits per heavy atom. The van der Waals surface area contributed by atoms with Crippen molar-refractivity contribution in [3.8, 4) is 11.4 Å². The summed E-state index contributed by atoms with van der Waals surface area (Å²) in [5, 5.41) is 10.1. The summed E-state index contributed by atoms with van der Waals surface area (Å²) in [7, 11) is 0. The third-order valence-electron chi connectivity index (χ3n) is 2.47. The van der Waals surface area contributed by atoms with E-state index in [-0.39, 0.29) is 26.0 Å². The normalized spacial score (nSPS) is 10.8. The van der Waals surface area contributed by atoms with Gasteiger partial charge in [-0.25, -0.2) is 0 Å². The number of hydrogen-bond acceptors (Lipinski definition) is 3. The van der Waals surface area contributed by atoms with Gasteiger partial charge in [-0.3, -0.25) is 0 Å². The first-order chi connectivity index (χ1) is 8.25. The Hall–Kier alpha value is -1.84. The van der Waals surface area contributed by atoms with Crippen LogP contribution >= 0.6 is 0 Å². The molecule has 5 heteroatoms. The molecule has 0 saturated heterocycles. The fourth-order valence-corrected chi connectivity index (χ4v) is 3.83. The number of aromatic nitrogens is 2. The van der Waals surface area contributed by atoms with E-state index < -0.39 is 0 Å². The number of phenolic OH excluding ortho intramolecular Hbond substituents is 1. The molecule has 0 unspecified atom stereocenters. The third-order valence-corrected chi connectivity index (χ3v) is 4.76. The van der Waals surface area contributed by atoms with Crippen LogP contribution in [-0.2, 0) is 0 Å². The molecule has 0 spiro atoms. The summed E-state index contributed by atoms with van der Waals surface area (Å²) in [6, 6.07) is 8.50. The van der Waals surface area contributed by atoms with Crippen LogP contribution in [0, 0.1) is 0 Å². The van der Waals surface area contributed by atoms with Crippen molar-refractivity contribution in [2.24, 2.45) is 0 Å². The second-order valence-electron chi connectivity index (χ2n) is 3.58. The molecule has 0 radical (unpaired) electrons. The van der Waals surface area contributed by atoms with Crippen molar-refractivity contribution in [2.45, 2.75) is 0 Å². The molecule has 1 aromatic carbocycles. The predicted octanol–water partition coefficient (Wildman–Crippen LogP) is 1.15. The number of nitrogens with zero attached hydrogens (tertiary/aromatic N) is 2. The summed E-state index contributed by atoms with van der Waals surface area (Å²) >= 11 is -0.119. The monoisotopic (exact) mass is 292 g/mol. The molecule has 0 aliphatic heterocycles. The van der Waals surface area contributed by atoms with Crippen molar-refractivity contribution in [2.75, 3.05) is 0 Å². The molecule has 1 N–H and O–H groups in total. The van der Waals surface area contributed by atoms with Crippen LogP contribution < -0.4 is 5.56 Å². The average molecular weight is 291 g/mol. The quantitative estimate of drug-likeness (QED) is 0.684. The van der Waals surface area contributed by atoms with Gasteiger partial charge in [0.1, 0.15) is 0 Å². The number of fused-ring (bicyclic) bond motifs is 1. The zero-order chi connectivity index (χ0) is 11.8. The van der Waals surface area contributed by atoms with E-state index in [1.807, 2.05) is 12.1 Å². The molecule has 0 amide bonds. The van der Waals surface area contributed by atoms with E-state index >= 15 is 0 Å². The predicted molar refractivity (Wildman–Crippen MR) is 65.9 cm³/mol. The van der Waals surface area contributed by atoms with Gasteiger partial charge in [-0.05, 0) is 0 Å². The van der Waals surface area contributed by atoms with E-state index in [9.17, 15) is 9.90 Å². The van der Waals surface area contributed by atoms with Crippen LogP contribution in [0.4, 0.5) is 0 Å². The van der Waals surface area contributed by atoms with E-state index in [1.54, 1.807) is 34.2 Å². The molecule has 17 heavy (non-hydrogen) atoms. The van der Waals surface area contributed by atoms with Crippen molar-refractivity contribution in [3.63, 3.8) is 0 Å². The van der Waals surface area contributed by atoms with Crippen molar-refractivity contribution in [1.29, 1.82) is 0 Å². The molecule has 0 aliphatic rings. The zero-order valence-electron chi connectivity index (χ0n) is 8.70. The van der Waals surface area contributed by atoms with Gasteiger partial charge < -0.3 is 0 Å². The van der Waals surface area contributed by atoms with E-state index in [1.165, 1.54) is 0 Å². The molecule has 0 bridgehead atoms. The van der Waals surface area contributed by atoms with Crippen LogP contribution in [0.1, 0.15) is 0 Å². The summed E-state index contributed by atoms with van der Waals surface area (Å²) in [6.45, 7) is 0. The Kier molecular flexibility index (Phi) is 2.35. The number of aromatic hydroxyl groups is 1. The number of hydrogen-bond donors (Lipinski definition) is 1. The fourth-order valence-electron chi connectivity index (χ4n) is 1.66. The number of rotatable bonds is 1. The van der Waals surface area contributed by atoms with E-state index in [0.717, 1.165) is 9.95 Å². The number of pyridine rings is 1. The second-order valence-corrected chi connectivity index (χ2v) is 5.65. The van der Waals surface area contributed by atoms with Gasteiger partial charge in [0.05, 0.1) is 0 Å². The van der Waals surface area contributed by atoms with Gasteiger partial charge in [0.25, 0.3) is 0 Å². The van der Waals surface area contributed by atoms with Gasteiger partial charge in [-0.15, -0.1) is 0 Å². The maximum atomic E-state index is 12.1. The summed E-state index contributed by atoms with van der Waals surface area (Å²) < 4.78 is 2.65. The molecule has 4 nitrogen and oxygen atoms in total. The minimum absolute atomic E-state index is 0.00815. The average Bonchev–Trinajstić information content (AvgIpc) is 2.67. The van der Waals surface area contributed by atoms with Gasteiger partial charge in [-0.2, -0.15) is 0 Å². The molecule has 0 fully saturated rings. The molecular weight excluding hydrogens is 283 g/mol. The minimum atomic E-state index is -0.119. The van der Waals surface area contributed by atoms with Gasteiger partial charge in [0, 0.05) is 0 Å². The maximum absolute atomic E-state index is 12.1. The summed E-state index contributed by atoms with van der Waals surface area (Å²) in [4.78, 5) is 16.1. The number of benzene rings is 1. The Labute approximate surface area is 103 Å². The Bertz CT molecular complexity index is 731. The topological polar surface area (TPSA) is 55.1 Å². The summed E-state index contributed by atoms with van der Waals surface area (Å²) in [6.07, 6.45) is 3.33. The molecule has 2 aromatic heterocycles. The molecule has 0 saturated carbocycles. The van der Waals surface area contributed by atoms with Crippen molar-refractivity contribution >= 4 is 24.4 Å². The third kappa shape index (κ3) is 1.69. The molecule has 3 rings (SSSR count). The standard InChI is InChI=1S/C12H8N2O2Se/c15-9-1-2-10-11(7-9)17-14(12(10)16)8-3-5-13-6-4-8/h1-7,15H. The number of phenols is 1. The van der Waals surface area contributed by atoms with Gasteiger partial charge >= 0.3 is 103 Å². The van der Waals surface area contributed by atoms with Gasteiger partial charge in [0.15, 0.2) is 0 Å². The molecule has 2 heterocycles. The molecule has 0 aliphatic carbocycles. The van der Waals surface area contributed by atoms with E-state index in [2.05, 4.69) is 4.98 Å². The second kappa shape index (κ2) is 3.87. The van der Waals surface area contributed by atoms with Gasteiger partial charge in [-0.1, -0.05) is 0 Å². The molecule has 0 atom stereocenters. The van der Waals surface area contributed by atoms with Crippen LogP contribution in [0.15, 0.2) is 47.5 Å². The summed E-state index contributed by atoms with van der Waals surface area (Å²) in [5.41, 5.74) is 0.840. The zero-order valence-corrected chi connectivity index (χ0v) is 10.4. The van der Waals surface area contributed by atoms with Gasteiger partial charge in [0.2, 0.25) is 0 Å². The first kappa shape index (κ1) is 10.3. The van der Waals surface area contributed by atoms with Crippen LogP contribution in [-0.4, -0.2) is 28.4 Å².